The van der Waals surface area contributed by atoms with E-state index in [2.05, 4.69) is 10.6 Å². The first kappa shape index (κ1) is 47.2. The summed E-state index contributed by atoms with van der Waals surface area (Å²) in [7, 11) is 0. The quantitative estimate of drug-likeness (QED) is 0.0762. The van der Waals surface area contributed by atoms with Gasteiger partial charge in [0.1, 0.15) is 24.2 Å². The summed E-state index contributed by atoms with van der Waals surface area (Å²) < 4.78 is 144. The first-order chi connectivity index (χ1) is 25.8. The number of halogens is 10. The van der Waals surface area contributed by atoms with E-state index in [1.807, 2.05) is 10.6 Å². The summed E-state index contributed by atoms with van der Waals surface area (Å²) in [5, 5.41) is 8.25. The van der Waals surface area contributed by atoms with E-state index in [9.17, 15) is 67.9 Å². The smallest absolute Gasteiger partial charge is 0.243 e. The van der Waals surface area contributed by atoms with Crippen molar-refractivity contribution < 1.29 is 67.9 Å². The molecule has 0 bridgehead atoms. The molecule has 0 heterocycles. The maximum atomic E-state index is 14.9. The molecule has 0 aliphatic rings. The molecular weight excluding hydrogens is 774 g/mol. The van der Waals surface area contributed by atoms with E-state index >= 15 is 0 Å². The van der Waals surface area contributed by atoms with Crippen molar-refractivity contribution in [3.8, 4) is 0 Å². The Hall–Kier alpha value is -4.95. The molecule has 0 saturated heterocycles. The van der Waals surface area contributed by atoms with Crippen molar-refractivity contribution in [1.82, 2.24) is 21.3 Å². The standard InChI is InChI=1S/C35H42F10N6O5/c1-11(2)7-16(46)32(53)49-18(9-14-20(36)24(40)28(44)25(41)21(14)37)33(54)50-19(10-15-22(38)26(42)29(45)27(43)23(15)39)34(55)51-30(13(5)6)35(56)48-17(31(47)52)8-12(3)4/h11-13,16-19,30H,7-10,46H2,1-6H3,(H2,47,52)(H,48,56)(H,49,53)(H,50,54)(H,51,55)/t16-,17-,18-,19-,30-/m1/s1. The molecule has 2 aromatic rings. The predicted molar refractivity (Wildman–Crippen MR) is 179 cm³/mol. The fourth-order valence-electron chi connectivity index (χ4n) is 5.42. The molecule has 0 saturated carbocycles. The average Bonchev–Trinajstić information content (AvgIpc) is 3.11. The lowest BCUT2D eigenvalue weighted by Gasteiger charge is -2.28. The summed E-state index contributed by atoms with van der Waals surface area (Å²) in [6.45, 7) is 9.38. The molecule has 11 nitrogen and oxygen atoms in total. The van der Waals surface area contributed by atoms with Gasteiger partial charge in [-0.25, -0.2) is 43.9 Å². The van der Waals surface area contributed by atoms with Gasteiger partial charge in [-0.2, -0.15) is 0 Å². The monoisotopic (exact) mass is 816 g/mol. The Morgan fingerprint density at radius 2 is 0.786 bits per heavy atom. The Morgan fingerprint density at radius 3 is 1.12 bits per heavy atom. The van der Waals surface area contributed by atoms with Crippen molar-refractivity contribution >= 4 is 29.5 Å². The number of carbonyl (C=O) groups excluding carboxylic acids is 5. The normalized spacial score (nSPS) is 14.3. The van der Waals surface area contributed by atoms with Crippen LogP contribution in [0.15, 0.2) is 0 Å². The lowest BCUT2D eigenvalue weighted by atomic mass is 9.97. The van der Waals surface area contributed by atoms with E-state index in [0.29, 0.717) is 0 Å². The molecule has 0 unspecified atom stereocenters. The predicted octanol–water partition coefficient (Wildman–Crippen LogP) is 3.36. The Labute approximate surface area is 314 Å². The number of amides is 5. The van der Waals surface area contributed by atoms with Crippen LogP contribution < -0.4 is 32.7 Å². The van der Waals surface area contributed by atoms with Crippen LogP contribution in [-0.4, -0.2) is 59.7 Å². The van der Waals surface area contributed by atoms with Gasteiger partial charge in [0, 0.05) is 24.0 Å². The molecule has 2 aromatic carbocycles. The third-order valence-corrected chi connectivity index (χ3v) is 8.36. The molecule has 5 amide bonds. The van der Waals surface area contributed by atoms with Crippen LogP contribution in [0.2, 0.25) is 0 Å². The van der Waals surface area contributed by atoms with Crippen molar-refractivity contribution in [2.45, 2.75) is 97.4 Å². The molecule has 0 fully saturated rings. The van der Waals surface area contributed by atoms with Crippen LogP contribution in [0, 0.1) is 75.9 Å². The summed E-state index contributed by atoms with van der Waals surface area (Å²) >= 11 is 0. The molecule has 312 valence electrons. The van der Waals surface area contributed by atoms with Gasteiger partial charge in [0.25, 0.3) is 0 Å². The van der Waals surface area contributed by atoms with Crippen molar-refractivity contribution in [3.05, 3.63) is 69.3 Å². The summed E-state index contributed by atoms with van der Waals surface area (Å²) in [6.07, 6.45) is -3.14. The molecule has 0 aliphatic heterocycles. The van der Waals surface area contributed by atoms with Crippen LogP contribution in [0.25, 0.3) is 0 Å². The zero-order valence-electron chi connectivity index (χ0n) is 30.9. The highest BCUT2D eigenvalue weighted by molar-refractivity contribution is 5.96. The lowest BCUT2D eigenvalue weighted by molar-refractivity contribution is -0.135. The van der Waals surface area contributed by atoms with E-state index in [4.69, 9.17) is 11.5 Å². The van der Waals surface area contributed by atoms with Crippen molar-refractivity contribution in [2.24, 2.45) is 29.2 Å². The molecule has 2 rings (SSSR count). The van der Waals surface area contributed by atoms with Crippen LogP contribution in [0.1, 0.15) is 65.5 Å². The number of benzene rings is 2. The maximum Gasteiger partial charge on any atom is 0.243 e. The number of hydrogen-bond donors (Lipinski definition) is 6. The number of nitrogens with one attached hydrogen (secondary N) is 4. The molecule has 56 heavy (non-hydrogen) atoms. The minimum atomic E-state index is -2.58. The van der Waals surface area contributed by atoms with Crippen LogP contribution in [0.5, 0.6) is 0 Å². The van der Waals surface area contributed by atoms with E-state index in [0.717, 1.165) is 0 Å². The van der Waals surface area contributed by atoms with Gasteiger partial charge in [0.15, 0.2) is 46.5 Å². The maximum absolute atomic E-state index is 14.9. The van der Waals surface area contributed by atoms with Gasteiger partial charge in [-0.15, -0.1) is 0 Å². The van der Waals surface area contributed by atoms with Gasteiger partial charge in [0.2, 0.25) is 41.2 Å². The second-order valence-electron chi connectivity index (χ2n) is 14.2. The molecule has 8 N–H and O–H groups in total. The highest BCUT2D eigenvalue weighted by Crippen LogP contribution is 2.26. The Kier molecular flexibility index (Phi) is 16.7. The van der Waals surface area contributed by atoms with Gasteiger partial charge < -0.3 is 32.7 Å². The minimum absolute atomic E-state index is 0.0374. The number of carbonyl (C=O) groups is 5. The zero-order valence-corrected chi connectivity index (χ0v) is 30.9. The van der Waals surface area contributed by atoms with Gasteiger partial charge in [-0.3, -0.25) is 24.0 Å². The molecule has 5 atom stereocenters. The van der Waals surface area contributed by atoms with Crippen LogP contribution in [0.3, 0.4) is 0 Å². The fourth-order valence-corrected chi connectivity index (χ4v) is 5.42. The average molecular weight is 817 g/mol. The third kappa shape index (κ3) is 11.5. The van der Waals surface area contributed by atoms with Crippen LogP contribution in [-0.2, 0) is 36.8 Å². The second-order valence-corrected chi connectivity index (χ2v) is 14.2. The number of primary amides is 1. The number of hydrogen-bond acceptors (Lipinski definition) is 6. The highest BCUT2D eigenvalue weighted by atomic mass is 19.2. The van der Waals surface area contributed by atoms with E-state index in [-0.39, 0.29) is 24.7 Å². The van der Waals surface area contributed by atoms with E-state index in [1.165, 1.54) is 13.8 Å². The van der Waals surface area contributed by atoms with Crippen molar-refractivity contribution in [3.63, 3.8) is 0 Å². The van der Waals surface area contributed by atoms with E-state index < -0.39 is 148 Å². The molecular formula is C35H42F10N6O5. The molecule has 0 spiro atoms. The molecule has 21 heteroatoms. The Morgan fingerprint density at radius 1 is 0.464 bits per heavy atom. The van der Waals surface area contributed by atoms with Crippen LogP contribution in [0.4, 0.5) is 43.9 Å². The fraction of sp³-hybridized carbons (Fsp3) is 0.514. The van der Waals surface area contributed by atoms with Gasteiger partial charge in [0.05, 0.1) is 6.04 Å². The highest BCUT2D eigenvalue weighted by Gasteiger charge is 2.37. The second kappa shape index (κ2) is 19.8. The Balaban J connectivity index is 2.71. The van der Waals surface area contributed by atoms with Crippen LogP contribution >= 0.6 is 0 Å². The number of rotatable bonds is 18. The third-order valence-electron chi connectivity index (χ3n) is 8.36. The number of nitrogens with two attached hydrogens (primary N) is 2. The lowest BCUT2D eigenvalue weighted by Crippen LogP contribution is -2.60. The molecule has 0 radical (unpaired) electrons. The summed E-state index contributed by atoms with van der Waals surface area (Å²) in [6, 6.07) is -9.22. The van der Waals surface area contributed by atoms with E-state index in [1.54, 1.807) is 27.7 Å². The molecule has 0 aliphatic carbocycles. The zero-order chi connectivity index (χ0) is 43.1. The Bertz CT molecular complexity index is 1770. The first-order valence-electron chi connectivity index (χ1n) is 17.1. The minimum Gasteiger partial charge on any atom is -0.368 e. The summed E-state index contributed by atoms with van der Waals surface area (Å²) in [5.41, 5.74) is 7.89. The first-order valence-corrected chi connectivity index (χ1v) is 17.1. The molecule has 0 aromatic heterocycles. The largest absolute Gasteiger partial charge is 0.368 e. The van der Waals surface area contributed by atoms with Crippen molar-refractivity contribution in [1.29, 1.82) is 0 Å². The van der Waals surface area contributed by atoms with Gasteiger partial charge in [-0.1, -0.05) is 41.5 Å². The van der Waals surface area contributed by atoms with Gasteiger partial charge >= 0.3 is 0 Å². The topological polar surface area (TPSA) is 186 Å². The SMILES string of the molecule is CC(C)C[C@@H](N)C(=O)N[C@H](Cc1c(F)c(F)c(F)c(F)c1F)C(=O)N[C@H](Cc1c(F)c(F)c(F)c(F)c1F)C(=O)N[C@@H](C(=O)N[C@H](CC(C)C)C(N)=O)C(C)C. The van der Waals surface area contributed by atoms with Gasteiger partial charge in [-0.05, 0) is 30.6 Å². The summed E-state index contributed by atoms with van der Waals surface area (Å²) in [5.74, 6) is -32.5. The summed E-state index contributed by atoms with van der Waals surface area (Å²) in [4.78, 5) is 65.7. The van der Waals surface area contributed by atoms with Crippen molar-refractivity contribution in [2.75, 3.05) is 0 Å².